The molecule has 9 heteroatoms. The molecule has 0 rings (SSSR count). The zero-order chi connectivity index (χ0) is 36.2. The number of allylic oxidation sites excluding steroid dienone is 3. The van der Waals surface area contributed by atoms with E-state index >= 15 is 0 Å². The Labute approximate surface area is 298 Å². The molecule has 0 aromatic rings. The predicted octanol–water partition coefficient (Wildman–Crippen LogP) is 8.87. The van der Waals surface area contributed by atoms with Crippen LogP contribution in [-0.4, -0.2) is 59.3 Å². The second kappa shape index (κ2) is 35.2. The number of carboxylic acids is 1. The lowest BCUT2D eigenvalue weighted by atomic mass is 10.0. The lowest BCUT2D eigenvalue weighted by Gasteiger charge is -2.15. The Kier molecular flexibility index (Phi) is 33.2. The van der Waals surface area contributed by atoms with Crippen molar-refractivity contribution >= 4 is 23.8 Å². The van der Waals surface area contributed by atoms with Gasteiger partial charge in [-0.2, -0.15) is 0 Å². The topological polar surface area (TPSA) is 142 Å². The fraction of sp³-hybridized carbons (Fsp3) is 0.800. The standard InChI is InChI=1S/C40H72N2O7/c1-3-5-7-9-11-13-14-15-16-18-24-28-32-39(46)49-35(29-25-21-17-12-10-8-6-4-2)30-26-22-19-20-23-27-31-37(44)41-33-38(45)42-36(34-43)40(47)48/h12,17,25,29,35-36,43H,3-11,13-16,18-24,26-28,30-34H2,1-2H3,(H,41,44)(H,42,45)(H,47,48)/b17-12-,29-25-. The number of unbranched alkanes of at least 4 members (excludes halogenated alkanes) is 19. The van der Waals surface area contributed by atoms with E-state index in [1.54, 1.807) is 0 Å². The number of aliphatic hydroxyl groups is 1. The number of hydrogen-bond acceptors (Lipinski definition) is 6. The summed E-state index contributed by atoms with van der Waals surface area (Å²) < 4.78 is 5.90. The van der Waals surface area contributed by atoms with Gasteiger partial charge >= 0.3 is 11.9 Å². The van der Waals surface area contributed by atoms with Crippen molar-refractivity contribution in [1.82, 2.24) is 10.6 Å². The summed E-state index contributed by atoms with van der Waals surface area (Å²) in [5, 5.41) is 22.5. The van der Waals surface area contributed by atoms with Crippen molar-refractivity contribution in [1.29, 1.82) is 0 Å². The number of carbonyl (C=O) groups is 4. The van der Waals surface area contributed by atoms with E-state index in [2.05, 4.69) is 48.8 Å². The van der Waals surface area contributed by atoms with Gasteiger partial charge < -0.3 is 25.6 Å². The van der Waals surface area contributed by atoms with Gasteiger partial charge in [0.1, 0.15) is 12.1 Å². The lowest BCUT2D eigenvalue weighted by molar-refractivity contribution is -0.147. The van der Waals surface area contributed by atoms with Crippen LogP contribution >= 0.6 is 0 Å². The Morgan fingerprint density at radius 3 is 1.73 bits per heavy atom. The number of hydrogen-bond donors (Lipinski definition) is 4. The maximum atomic E-state index is 12.6. The van der Waals surface area contributed by atoms with E-state index in [1.165, 1.54) is 83.5 Å². The molecule has 0 saturated carbocycles. The summed E-state index contributed by atoms with van der Waals surface area (Å²) in [5.74, 6) is -2.34. The van der Waals surface area contributed by atoms with Crippen LogP contribution < -0.4 is 10.6 Å². The van der Waals surface area contributed by atoms with Gasteiger partial charge in [-0.3, -0.25) is 14.4 Å². The number of nitrogens with one attached hydrogen (secondary N) is 2. The maximum absolute atomic E-state index is 12.6. The Bertz CT molecular complexity index is 890. The smallest absolute Gasteiger partial charge is 0.328 e. The SMILES string of the molecule is CCCCC/C=C\C/C=C\C(CCCCCCCCC(=O)NCC(=O)NC(CO)C(=O)O)OC(=O)CCCCCCCCCCCCCC. The van der Waals surface area contributed by atoms with E-state index in [0.29, 0.717) is 19.3 Å². The first-order valence-corrected chi connectivity index (χ1v) is 19.7. The van der Waals surface area contributed by atoms with Gasteiger partial charge in [-0.15, -0.1) is 0 Å². The number of amides is 2. The van der Waals surface area contributed by atoms with Gasteiger partial charge in [0, 0.05) is 12.8 Å². The zero-order valence-electron chi connectivity index (χ0n) is 31.2. The molecule has 9 nitrogen and oxygen atoms in total. The highest BCUT2D eigenvalue weighted by atomic mass is 16.5. The number of aliphatic carboxylic acids is 1. The highest BCUT2D eigenvalue weighted by Gasteiger charge is 2.18. The molecule has 0 aliphatic carbocycles. The predicted molar refractivity (Wildman–Crippen MR) is 199 cm³/mol. The molecule has 0 aromatic carbocycles. The van der Waals surface area contributed by atoms with Crippen LogP contribution in [0.1, 0.15) is 181 Å². The third kappa shape index (κ3) is 32.3. The molecular weight excluding hydrogens is 620 g/mol. The molecule has 0 heterocycles. The molecule has 2 atom stereocenters. The number of esters is 1. The van der Waals surface area contributed by atoms with E-state index in [0.717, 1.165) is 64.2 Å². The van der Waals surface area contributed by atoms with Crippen LogP contribution in [0.5, 0.6) is 0 Å². The minimum atomic E-state index is -1.38. The Morgan fingerprint density at radius 1 is 0.633 bits per heavy atom. The van der Waals surface area contributed by atoms with E-state index in [9.17, 15) is 19.2 Å². The van der Waals surface area contributed by atoms with Gasteiger partial charge in [0.2, 0.25) is 11.8 Å². The molecule has 0 bridgehead atoms. The van der Waals surface area contributed by atoms with Gasteiger partial charge in [0.25, 0.3) is 0 Å². The lowest BCUT2D eigenvalue weighted by Crippen LogP contribution is -2.47. The van der Waals surface area contributed by atoms with Crippen molar-refractivity contribution in [3.63, 3.8) is 0 Å². The highest BCUT2D eigenvalue weighted by Crippen LogP contribution is 2.16. The summed E-state index contributed by atoms with van der Waals surface area (Å²) in [6.45, 7) is 3.43. The Balaban J connectivity index is 4.26. The molecule has 49 heavy (non-hydrogen) atoms. The molecule has 0 spiro atoms. The molecule has 0 aliphatic heterocycles. The average Bonchev–Trinajstić information content (AvgIpc) is 3.08. The van der Waals surface area contributed by atoms with Crippen molar-refractivity contribution in [3.05, 3.63) is 24.3 Å². The van der Waals surface area contributed by atoms with Gasteiger partial charge in [0.05, 0.1) is 13.2 Å². The van der Waals surface area contributed by atoms with E-state index in [4.69, 9.17) is 14.9 Å². The van der Waals surface area contributed by atoms with Crippen molar-refractivity contribution in [3.8, 4) is 0 Å². The van der Waals surface area contributed by atoms with Crippen LogP contribution in [0, 0.1) is 0 Å². The monoisotopic (exact) mass is 693 g/mol. The van der Waals surface area contributed by atoms with E-state index in [1.807, 2.05) is 0 Å². The number of aliphatic hydroxyl groups excluding tert-OH is 1. The van der Waals surface area contributed by atoms with Crippen molar-refractivity contribution in [2.45, 2.75) is 193 Å². The minimum Gasteiger partial charge on any atom is -0.480 e. The third-order valence-electron chi connectivity index (χ3n) is 8.69. The summed E-state index contributed by atoms with van der Waals surface area (Å²) in [4.78, 5) is 47.2. The number of ether oxygens (including phenoxy) is 1. The largest absolute Gasteiger partial charge is 0.480 e. The minimum absolute atomic E-state index is 0.0947. The van der Waals surface area contributed by atoms with Crippen LogP contribution in [0.4, 0.5) is 0 Å². The van der Waals surface area contributed by atoms with Crippen molar-refractivity contribution in [2.24, 2.45) is 0 Å². The van der Waals surface area contributed by atoms with Crippen LogP contribution in [0.3, 0.4) is 0 Å². The van der Waals surface area contributed by atoms with Crippen molar-refractivity contribution < 1.29 is 34.1 Å². The summed E-state index contributed by atoms with van der Waals surface area (Å²) in [6, 6.07) is -1.38. The average molecular weight is 693 g/mol. The molecule has 2 amide bonds. The normalized spacial score (nSPS) is 12.7. The molecule has 0 fully saturated rings. The van der Waals surface area contributed by atoms with E-state index < -0.39 is 24.5 Å². The fourth-order valence-electron chi connectivity index (χ4n) is 5.60. The zero-order valence-corrected chi connectivity index (χ0v) is 31.2. The first-order chi connectivity index (χ1) is 23.8. The second-order valence-electron chi connectivity index (χ2n) is 13.4. The molecular formula is C40H72N2O7. The van der Waals surface area contributed by atoms with Gasteiger partial charge in [-0.05, 0) is 51.0 Å². The third-order valence-corrected chi connectivity index (χ3v) is 8.69. The highest BCUT2D eigenvalue weighted by molar-refractivity contribution is 5.87. The number of rotatable bonds is 35. The van der Waals surface area contributed by atoms with Crippen LogP contribution in [-0.2, 0) is 23.9 Å². The Hall–Kier alpha value is -2.68. The van der Waals surface area contributed by atoms with Gasteiger partial charge in [-0.1, -0.05) is 141 Å². The second-order valence-corrected chi connectivity index (χ2v) is 13.4. The molecule has 0 aliphatic rings. The molecule has 0 saturated heterocycles. The summed E-state index contributed by atoms with van der Waals surface area (Å²) in [6.07, 6.45) is 36.5. The molecule has 4 N–H and O–H groups in total. The first-order valence-electron chi connectivity index (χ1n) is 19.7. The summed E-state index contributed by atoms with van der Waals surface area (Å²) in [7, 11) is 0. The number of carboxylic acid groups (broad SMARTS) is 1. The summed E-state index contributed by atoms with van der Waals surface area (Å²) in [5.41, 5.74) is 0. The maximum Gasteiger partial charge on any atom is 0.328 e. The molecule has 0 aromatic heterocycles. The van der Waals surface area contributed by atoms with Crippen LogP contribution in [0.2, 0.25) is 0 Å². The van der Waals surface area contributed by atoms with Crippen LogP contribution in [0.25, 0.3) is 0 Å². The fourth-order valence-corrected chi connectivity index (χ4v) is 5.60. The molecule has 2 unspecified atom stereocenters. The first kappa shape index (κ1) is 46.3. The van der Waals surface area contributed by atoms with Gasteiger partial charge in [-0.25, -0.2) is 4.79 Å². The van der Waals surface area contributed by atoms with E-state index in [-0.39, 0.29) is 24.5 Å². The van der Waals surface area contributed by atoms with Gasteiger partial charge in [0.15, 0.2) is 0 Å². The Morgan fingerprint density at radius 2 is 1.16 bits per heavy atom. The summed E-state index contributed by atoms with van der Waals surface area (Å²) >= 11 is 0. The number of carbonyl (C=O) groups excluding carboxylic acids is 3. The molecule has 284 valence electrons. The molecule has 0 radical (unpaired) electrons. The van der Waals surface area contributed by atoms with Crippen LogP contribution in [0.15, 0.2) is 24.3 Å². The van der Waals surface area contributed by atoms with Crippen molar-refractivity contribution in [2.75, 3.05) is 13.2 Å². The quantitative estimate of drug-likeness (QED) is 0.0295.